The fourth-order valence-electron chi connectivity index (χ4n) is 2.88. The van der Waals surface area contributed by atoms with Gasteiger partial charge in [-0.25, -0.2) is 4.98 Å². The minimum absolute atomic E-state index is 0.313. The highest BCUT2D eigenvalue weighted by molar-refractivity contribution is 5.76. The fourth-order valence-corrected chi connectivity index (χ4v) is 2.88. The van der Waals surface area contributed by atoms with Crippen LogP contribution < -0.4 is 20.7 Å². The number of nitrogens with zero attached hydrogens (tertiary/aromatic N) is 3. The van der Waals surface area contributed by atoms with E-state index in [9.17, 15) is 0 Å². The number of aromatic nitrogens is 2. The predicted molar refractivity (Wildman–Crippen MR) is 81.3 cm³/mol. The molecule has 2 aromatic rings. The summed E-state index contributed by atoms with van der Waals surface area (Å²) in [4.78, 5) is 11.1. The Morgan fingerprint density at radius 2 is 2.10 bits per heavy atom. The molecule has 1 aromatic carbocycles. The highest BCUT2D eigenvalue weighted by Gasteiger charge is 2.32. The zero-order valence-electron chi connectivity index (χ0n) is 11.8. The lowest BCUT2D eigenvalue weighted by molar-refractivity contribution is 0.300. The number of nitrogens with one attached hydrogen (secondary N) is 1. The maximum Gasteiger partial charge on any atom is 0.222 e. The van der Waals surface area contributed by atoms with Crippen molar-refractivity contribution < 1.29 is 4.74 Å². The van der Waals surface area contributed by atoms with E-state index < -0.39 is 0 Å². The van der Waals surface area contributed by atoms with Gasteiger partial charge in [-0.3, -0.25) is 0 Å². The molecular formula is C15H17N5O. The molecule has 6 heteroatoms. The van der Waals surface area contributed by atoms with Crippen molar-refractivity contribution >= 4 is 11.8 Å². The molecule has 2 aliphatic rings. The summed E-state index contributed by atoms with van der Waals surface area (Å²) in [6.45, 7) is 2.35. The van der Waals surface area contributed by atoms with E-state index in [1.54, 1.807) is 0 Å². The summed E-state index contributed by atoms with van der Waals surface area (Å²) < 4.78 is 5.84. The number of likely N-dealkylation sites (N-methyl/N-ethyl adjacent to an activating group) is 1. The highest BCUT2D eigenvalue weighted by atomic mass is 16.5. The van der Waals surface area contributed by atoms with E-state index in [1.165, 1.54) is 0 Å². The molecule has 0 unspecified atom stereocenters. The lowest BCUT2D eigenvalue weighted by Gasteiger charge is -2.41. The van der Waals surface area contributed by atoms with Gasteiger partial charge in [0.05, 0.1) is 11.3 Å². The van der Waals surface area contributed by atoms with Crippen LogP contribution in [0.1, 0.15) is 5.56 Å². The smallest absolute Gasteiger partial charge is 0.222 e. The van der Waals surface area contributed by atoms with E-state index >= 15 is 0 Å². The molecule has 108 valence electrons. The summed E-state index contributed by atoms with van der Waals surface area (Å²) in [6.07, 6.45) is 0. The molecule has 0 aliphatic carbocycles. The van der Waals surface area contributed by atoms with Gasteiger partial charge in [0.15, 0.2) is 0 Å². The predicted octanol–water partition coefficient (Wildman–Crippen LogP) is 1.03. The summed E-state index contributed by atoms with van der Waals surface area (Å²) in [6, 6.07) is 8.42. The van der Waals surface area contributed by atoms with Gasteiger partial charge in [0.25, 0.3) is 0 Å². The van der Waals surface area contributed by atoms with Crippen molar-refractivity contribution in [3.05, 3.63) is 29.8 Å². The molecular weight excluding hydrogens is 266 g/mol. The largest absolute Gasteiger partial charge is 0.488 e. The lowest BCUT2D eigenvalue weighted by atomic mass is 10.0. The first-order valence-electron chi connectivity index (χ1n) is 7.07. The van der Waals surface area contributed by atoms with E-state index in [4.69, 9.17) is 10.5 Å². The third-order valence-electron chi connectivity index (χ3n) is 4.11. The van der Waals surface area contributed by atoms with Gasteiger partial charge in [0, 0.05) is 24.7 Å². The zero-order chi connectivity index (χ0) is 14.4. The Kier molecular flexibility index (Phi) is 2.71. The zero-order valence-corrected chi connectivity index (χ0v) is 11.8. The number of hydrogen-bond donors (Lipinski definition) is 2. The second kappa shape index (κ2) is 4.60. The monoisotopic (exact) mass is 283 g/mol. The Morgan fingerprint density at radius 1 is 1.29 bits per heavy atom. The summed E-state index contributed by atoms with van der Waals surface area (Å²) in [5.74, 6) is 2.07. The van der Waals surface area contributed by atoms with Crippen molar-refractivity contribution in [2.24, 2.45) is 0 Å². The maximum atomic E-state index is 5.92. The third kappa shape index (κ3) is 1.91. The van der Waals surface area contributed by atoms with E-state index in [-0.39, 0.29) is 0 Å². The van der Waals surface area contributed by atoms with Crippen molar-refractivity contribution in [1.29, 1.82) is 0 Å². The average Bonchev–Trinajstić information content (AvgIpc) is 2.46. The Labute approximate surface area is 123 Å². The van der Waals surface area contributed by atoms with E-state index in [2.05, 4.69) is 20.2 Å². The summed E-state index contributed by atoms with van der Waals surface area (Å²) in [7, 11) is 1.98. The standard InChI is InChI=1S/C15H17N5O/c1-17-9-6-20(7-9)14-11-8-21-12-5-3-2-4-10(12)13(11)18-15(16)19-14/h2-5,9,17H,6-8H2,1H3,(H2,16,18,19). The van der Waals surface area contributed by atoms with Crippen LogP contribution in [0.2, 0.25) is 0 Å². The molecule has 1 fully saturated rings. The normalized spacial score (nSPS) is 16.7. The van der Waals surface area contributed by atoms with Gasteiger partial charge in [-0.05, 0) is 19.2 Å². The van der Waals surface area contributed by atoms with E-state index in [0.717, 1.165) is 41.5 Å². The van der Waals surface area contributed by atoms with Crippen LogP contribution in [0.15, 0.2) is 24.3 Å². The second-order valence-corrected chi connectivity index (χ2v) is 5.41. The number of ether oxygens (including phenoxy) is 1. The van der Waals surface area contributed by atoms with Gasteiger partial charge in [-0.1, -0.05) is 12.1 Å². The number of para-hydroxylation sites is 1. The van der Waals surface area contributed by atoms with Crippen molar-refractivity contribution in [3.8, 4) is 17.0 Å². The van der Waals surface area contributed by atoms with Gasteiger partial charge >= 0.3 is 0 Å². The van der Waals surface area contributed by atoms with Gasteiger partial charge in [-0.15, -0.1) is 0 Å². The number of hydrogen-bond acceptors (Lipinski definition) is 6. The molecule has 0 amide bonds. The molecule has 0 radical (unpaired) electrons. The summed E-state index contributed by atoms with van der Waals surface area (Å²) in [5, 5.41) is 3.26. The molecule has 0 saturated carbocycles. The van der Waals surface area contributed by atoms with Crippen LogP contribution in [-0.2, 0) is 6.61 Å². The molecule has 4 rings (SSSR count). The van der Waals surface area contributed by atoms with E-state index in [1.807, 2.05) is 31.3 Å². The molecule has 1 aromatic heterocycles. The van der Waals surface area contributed by atoms with Gasteiger partial charge < -0.3 is 20.7 Å². The Morgan fingerprint density at radius 3 is 2.90 bits per heavy atom. The fraction of sp³-hybridized carbons (Fsp3) is 0.333. The van der Waals surface area contributed by atoms with Crippen molar-refractivity contribution in [3.63, 3.8) is 0 Å². The van der Waals surface area contributed by atoms with Crippen molar-refractivity contribution in [2.45, 2.75) is 12.6 Å². The first kappa shape index (κ1) is 12.4. The van der Waals surface area contributed by atoms with Crippen molar-refractivity contribution in [1.82, 2.24) is 15.3 Å². The molecule has 21 heavy (non-hydrogen) atoms. The number of rotatable bonds is 2. The highest BCUT2D eigenvalue weighted by Crippen LogP contribution is 2.40. The molecule has 3 N–H and O–H groups in total. The van der Waals surface area contributed by atoms with Gasteiger partial charge in [-0.2, -0.15) is 4.98 Å². The third-order valence-corrected chi connectivity index (χ3v) is 4.11. The van der Waals surface area contributed by atoms with Crippen molar-refractivity contribution in [2.75, 3.05) is 30.8 Å². The first-order valence-corrected chi connectivity index (χ1v) is 7.07. The summed E-state index contributed by atoms with van der Waals surface area (Å²) in [5.41, 5.74) is 8.83. The average molecular weight is 283 g/mol. The lowest BCUT2D eigenvalue weighted by Crippen LogP contribution is -2.57. The maximum absolute atomic E-state index is 5.92. The quantitative estimate of drug-likeness (QED) is 0.857. The SMILES string of the molecule is CNC1CN(c2nc(N)nc3c2COc2ccccc2-3)C1. The number of fused-ring (bicyclic) bond motifs is 3. The Bertz CT molecular complexity index is 696. The minimum Gasteiger partial charge on any atom is -0.488 e. The molecule has 2 aliphatic heterocycles. The molecule has 3 heterocycles. The number of nitrogens with two attached hydrogens (primary N) is 1. The Hall–Kier alpha value is -2.34. The number of benzene rings is 1. The number of nitrogen functional groups attached to an aromatic ring is 1. The molecule has 0 spiro atoms. The van der Waals surface area contributed by atoms with Gasteiger partial charge in [0.2, 0.25) is 5.95 Å². The molecule has 0 bridgehead atoms. The minimum atomic E-state index is 0.313. The Balaban J connectivity index is 1.80. The van der Waals surface area contributed by atoms with Gasteiger partial charge in [0.1, 0.15) is 18.2 Å². The molecule has 0 atom stereocenters. The van der Waals surface area contributed by atoms with Crippen LogP contribution in [0.4, 0.5) is 11.8 Å². The topological polar surface area (TPSA) is 76.3 Å². The first-order chi connectivity index (χ1) is 10.3. The number of anilines is 2. The molecule has 6 nitrogen and oxygen atoms in total. The van der Waals surface area contributed by atoms with Crippen LogP contribution in [0.3, 0.4) is 0 Å². The van der Waals surface area contributed by atoms with Crippen LogP contribution in [-0.4, -0.2) is 36.1 Å². The van der Waals surface area contributed by atoms with Crippen LogP contribution in [0.25, 0.3) is 11.3 Å². The van der Waals surface area contributed by atoms with Crippen LogP contribution in [0, 0.1) is 0 Å². The van der Waals surface area contributed by atoms with Crippen LogP contribution in [0.5, 0.6) is 5.75 Å². The van der Waals surface area contributed by atoms with Crippen LogP contribution >= 0.6 is 0 Å². The van der Waals surface area contributed by atoms with E-state index in [0.29, 0.717) is 18.6 Å². The second-order valence-electron chi connectivity index (χ2n) is 5.41. The summed E-state index contributed by atoms with van der Waals surface area (Å²) >= 11 is 0. The molecule has 1 saturated heterocycles.